The van der Waals surface area contributed by atoms with Crippen molar-refractivity contribution in [2.75, 3.05) is 46.3 Å². The summed E-state index contributed by atoms with van der Waals surface area (Å²) in [5.74, 6) is -0.414. The Balaban J connectivity index is 1.33. The lowest BCUT2D eigenvalue weighted by atomic mass is 9.76. The molecule has 2 aromatic carbocycles. The lowest BCUT2D eigenvalue weighted by Gasteiger charge is -2.37. The van der Waals surface area contributed by atoms with Gasteiger partial charge < -0.3 is 40.4 Å². The zero-order chi connectivity index (χ0) is 53.2. The van der Waals surface area contributed by atoms with Crippen LogP contribution in [0.4, 0.5) is 0 Å². The van der Waals surface area contributed by atoms with Gasteiger partial charge in [-0.25, -0.2) is 0 Å². The monoisotopic (exact) mass is 1000 g/mol. The Morgan fingerprint density at radius 3 is 1.49 bits per heavy atom. The van der Waals surface area contributed by atoms with Gasteiger partial charge in [-0.05, 0) is 118 Å². The summed E-state index contributed by atoms with van der Waals surface area (Å²) in [4.78, 5) is 90.3. The number of phenolic OH excluding ortho intramolecular Hbond substituents is 2. The normalized spacial score (nSPS) is 17.8. The highest BCUT2D eigenvalue weighted by Gasteiger charge is 2.42. The molecule has 6 atom stereocenters. The number of nitrogens with one attached hydrogen (secondary N) is 2. The molecule has 0 radical (unpaired) electrons. The second-order valence-corrected chi connectivity index (χ2v) is 23.0. The molecule has 2 saturated heterocycles. The number of likely N-dealkylation sites (tertiary alicyclic amines) is 2. The van der Waals surface area contributed by atoms with Crippen LogP contribution in [0, 0.1) is 22.7 Å². The molecule has 4 N–H and O–H groups in total. The topological polar surface area (TPSA) is 180 Å². The molecule has 2 aliphatic rings. The third-order valence-electron chi connectivity index (χ3n) is 15.3. The number of Topliss-reactive ketones (excluding diaryl/α,β-unsaturated/α-hetero) is 1. The molecule has 2 aromatic rings. The molecule has 14 heteroatoms. The molecule has 0 bridgehead atoms. The van der Waals surface area contributed by atoms with Gasteiger partial charge in [-0.1, -0.05) is 105 Å². The number of nitrogens with zero attached hydrogens (tertiary/aromatic N) is 4. The summed E-state index contributed by atoms with van der Waals surface area (Å²) >= 11 is 0. The maximum atomic E-state index is 14.3. The predicted octanol–water partition coefficient (Wildman–Crippen LogP) is 8.45. The molecule has 0 aliphatic carbocycles. The Kier molecular flexibility index (Phi) is 23.6. The molecule has 402 valence electrons. The van der Waals surface area contributed by atoms with Gasteiger partial charge in [0.25, 0.3) is 0 Å². The highest BCUT2D eigenvalue weighted by molar-refractivity contribution is 5.91. The summed E-state index contributed by atoms with van der Waals surface area (Å²) in [6, 6.07) is 12.8. The fourth-order valence-electron chi connectivity index (χ4n) is 9.99. The first-order valence-electron chi connectivity index (χ1n) is 27.3. The van der Waals surface area contributed by atoms with Crippen LogP contribution in [0.25, 0.3) is 0 Å². The molecule has 72 heavy (non-hydrogen) atoms. The van der Waals surface area contributed by atoms with E-state index < -0.39 is 22.8 Å². The number of hydrogen-bond acceptors (Lipinski definition) is 9. The van der Waals surface area contributed by atoms with Crippen molar-refractivity contribution in [3.63, 3.8) is 0 Å². The van der Waals surface area contributed by atoms with E-state index in [1.165, 1.54) is 0 Å². The number of ketones is 1. The van der Waals surface area contributed by atoms with E-state index in [9.17, 15) is 39.0 Å². The van der Waals surface area contributed by atoms with Crippen LogP contribution >= 0.6 is 0 Å². The Labute approximate surface area is 432 Å². The fraction of sp³-hybridized carbons (Fsp3) is 0.690. The van der Waals surface area contributed by atoms with E-state index >= 15 is 0 Å². The molecule has 2 aliphatic heterocycles. The van der Waals surface area contributed by atoms with Crippen LogP contribution in [0.2, 0.25) is 0 Å². The fourth-order valence-corrected chi connectivity index (χ4v) is 9.99. The summed E-state index contributed by atoms with van der Waals surface area (Å²) in [6.07, 6.45) is 11.2. The summed E-state index contributed by atoms with van der Waals surface area (Å²) in [6.45, 7) is 20.6. The minimum absolute atomic E-state index is 0.0132. The van der Waals surface area contributed by atoms with E-state index in [-0.39, 0.29) is 77.3 Å². The molecule has 0 spiro atoms. The van der Waals surface area contributed by atoms with Crippen LogP contribution < -0.4 is 10.6 Å². The van der Waals surface area contributed by atoms with E-state index in [0.717, 1.165) is 75.3 Å². The van der Waals surface area contributed by atoms with Gasteiger partial charge in [0.1, 0.15) is 23.3 Å². The molecule has 4 rings (SSSR count). The lowest BCUT2D eigenvalue weighted by Crippen LogP contribution is -2.57. The number of amides is 5. The van der Waals surface area contributed by atoms with Gasteiger partial charge in [-0.3, -0.25) is 28.8 Å². The first-order valence-corrected chi connectivity index (χ1v) is 27.3. The summed E-state index contributed by atoms with van der Waals surface area (Å²) in [5.41, 5.74) is 1.10. The molecule has 0 saturated carbocycles. The number of carbonyl (C=O) groups is 6. The van der Waals surface area contributed by atoms with Crippen LogP contribution in [0.5, 0.6) is 11.5 Å². The number of rotatable bonds is 28. The van der Waals surface area contributed by atoms with Crippen molar-refractivity contribution in [3.05, 3.63) is 59.7 Å². The van der Waals surface area contributed by atoms with Gasteiger partial charge in [0, 0.05) is 82.5 Å². The minimum Gasteiger partial charge on any atom is -0.508 e. The Bertz CT molecular complexity index is 1900. The molecular weight excluding hydrogens is 909 g/mol. The number of benzene rings is 2. The van der Waals surface area contributed by atoms with Crippen LogP contribution in [0.15, 0.2) is 48.5 Å². The first kappa shape index (κ1) is 59.6. The van der Waals surface area contributed by atoms with Crippen molar-refractivity contribution in [1.29, 1.82) is 0 Å². The Hall–Kier alpha value is -4.98. The third kappa shape index (κ3) is 18.5. The number of unbranched alkanes of at least 4 members (excludes halogenated alkanes) is 5. The van der Waals surface area contributed by atoms with Crippen LogP contribution in [0.3, 0.4) is 0 Å². The van der Waals surface area contributed by atoms with Gasteiger partial charge >= 0.3 is 0 Å². The number of likely N-dealkylation sites (N-methyl/N-ethyl adjacent to an activating group) is 1. The first-order chi connectivity index (χ1) is 34.0. The molecule has 2 heterocycles. The van der Waals surface area contributed by atoms with Gasteiger partial charge in [-0.15, -0.1) is 0 Å². The second-order valence-electron chi connectivity index (χ2n) is 23.0. The number of aromatic hydroxyl groups is 2. The minimum atomic E-state index is -0.682. The zero-order valence-electron chi connectivity index (χ0n) is 45.8. The Morgan fingerprint density at radius 1 is 0.653 bits per heavy atom. The number of carbonyl (C=O) groups excluding carboxylic acids is 6. The zero-order valence-corrected chi connectivity index (χ0v) is 45.8. The van der Waals surface area contributed by atoms with Gasteiger partial charge in [0.15, 0.2) is 0 Å². The quantitative estimate of drug-likeness (QED) is 0.0609. The smallest absolute Gasteiger partial charge is 0.246 e. The van der Waals surface area contributed by atoms with Gasteiger partial charge in [0.05, 0.1) is 6.04 Å². The standard InChI is InChI=1S/C58H92N6O8/c1-11-41(2)54(70)60-53(58(7,8)9)56(72)64-35-19-21-46(64)40-62(37-33-44-26-30-48(66)31-27-44)52(69)23-17-15-13-12-14-16-22-51(68)61(36-32-43-24-28-47(65)29-25-43)39-45-20-18-34-63(45)55(71)49(57(4,5)6)38-50(67)42(3)59-10/h24-31,41-42,45-46,49,53,59,65-66H,11-23,32-40H2,1-10H3,(H,60,70)/t41-,42+,45+,46+,49-,53-/m1/s1. The summed E-state index contributed by atoms with van der Waals surface area (Å²) in [7, 11) is 1.75. The molecule has 2 fully saturated rings. The van der Waals surface area contributed by atoms with E-state index in [1.54, 1.807) is 31.3 Å². The van der Waals surface area contributed by atoms with E-state index in [0.29, 0.717) is 71.4 Å². The van der Waals surface area contributed by atoms with Crippen LogP contribution in [-0.4, -0.2) is 136 Å². The molecule has 5 amide bonds. The lowest BCUT2D eigenvalue weighted by molar-refractivity contribution is -0.144. The number of phenols is 2. The van der Waals surface area contributed by atoms with E-state index in [2.05, 4.69) is 10.6 Å². The second kappa shape index (κ2) is 28.5. The van der Waals surface area contributed by atoms with Crippen LogP contribution in [-0.2, 0) is 41.6 Å². The SMILES string of the molecule is CC[C@@H](C)C(=O)N[C@H](C(=O)N1CCC[C@H]1CN(CCc1ccc(O)cc1)C(=O)CCCCCCCCC(=O)N(CCc1ccc(O)cc1)C[C@@H]1CCCN1C(=O)[C@@H](CC(=O)[C@H](C)NC)C(C)(C)C)C(C)(C)C. The highest BCUT2D eigenvalue weighted by Crippen LogP contribution is 2.34. The van der Waals surface area contributed by atoms with Gasteiger partial charge in [-0.2, -0.15) is 0 Å². The molecule has 0 unspecified atom stereocenters. The van der Waals surface area contributed by atoms with Crippen molar-refractivity contribution < 1.29 is 39.0 Å². The van der Waals surface area contributed by atoms with Crippen molar-refractivity contribution in [2.24, 2.45) is 22.7 Å². The van der Waals surface area contributed by atoms with Crippen molar-refractivity contribution in [2.45, 2.75) is 189 Å². The third-order valence-corrected chi connectivity index (χ3v) is 15.3. The highest BCUT2D eigenvalue weighted by atomic mass is 16.3. The predicted molar refractivity (Wildman–Crippen MR) is 285 cm³/mol. The van der Waals surface area contributed by atoms with E-state index in [4.69, 9.17) is 0 Å². The molecular formula is C58H92N6O8. The average Bonchev–Trinajstić information content (AvgIpc) is 4.02. The Morgan fingerprint density at radius 2 is 1.08 bits per heavy atom. The van der Waals surface area contributed by atoms with Crippen molar-refractivity contribution in [1.82, 2.24) is 30.2 Å². The average molecular weight is 1000 g/mol. The van der Waals surface area contributed by atoms with Crippen LogP contribution in [0.1, 0.15) is 163 Å². The van der Waals surface area contributed by atoms with Gasteiger partial charge in [0.2, 0.25) is 29.5 Å². The molecule has 0 aromatic heterocycles. The maximum absolute atomic E-state index is 14.3. The van der Waals surface area contributed by atoms with Crippen molar-refractivity contribution >= 4 is 35.3 Å². The largest absolute Gasteiger partial charge is 0.508 e. The summed E-state index contributed by atoms with van der Waals surface area (Å²) in [5, 5.41) is 25.8. The van der Waals surface area contributed by atoms with E-state index in [1.807, 2.05) is 106 Å². The maximum Gasteiger partial charge on any atom is 0.246 e. The number of hydrogen-bond donors (Lipinski definition) is 4. The van der Waals surface area contributed by atoms with Crippen molar-refractivity contribution in [3.8, 4) is 11.5 Å². The molecule has 14 nitrogen and oxygen atoms in total. The summed E-state index contributed by atoms with van der Waals surface area (Å²) < 4.78 is 0.